The average molecular weight is 421 g/mol. The fourth-order valence-corrected chi connectivity index (χ4v) is 3.85. The molecule has 0 saturated carbocycles. The Hall–Kier alpha value is -3.58. The van der Waals surface area contributed by atoms with Crippen LogP contribution in [0.15, 0.2) is 58.3 Å². The molecule has 0 aliphatic rings. The summed E-state index contributed by atoms with van der Waals surface area (Å²) in [6, 6.07) is 13.9. The number of carbonyl (C=O) groups is 2. The summed E-state index contributed by atoms with van der Waals surface area (Å²) >= 11 is 1.37. The normalized spacial score (nSPS) is 10.8. The number of ether oxygens (including phenoxy) is 2. The first-order chi connectivity index (χ1) is 14.5. The number of fused-ring (bicyclic) bond motifs is 1. The molecule has 0 bridgehead atoms. The third-order valence-electron chi connectivity index (χ3n) is 4.80. The number of hydrogen-bond acceptors (Lipinski definition) is 6. The lowest BCUT2D eigenvalue weighted by Gasteiger charge is -2.08. The van der Waals surface area contributed by atoms with Crippen LogP contribution in [0.25, 0.3) is 11.0 Å². The predicted molar refractivity (Wildman–Crippen MR) is 116 cm³/mol. The lowest BCUT2D eigenvalue weighted by atomic mass is 10.0. The minimum atomic E-state index is -0.302. The number of carbonyl (C=O) groups excluding carboxylic acids is 2. The molecule has 2 aromatic heterocycles. The molecule has 4 rings (SSSR count). The summed E-state index contributed by atoms with van der Waals surface area (Å²) in [5, 5.41) is 5.48. The van der Waals surface area contributed by atoms with Crippen LogP contribution in [0.3, 0.4) is 0 Å². The first-order valence-electron chi connectivity index (χ1n) is 9.16. The van der Waals surface area contributed by atoms with Crippen molar-refractivity contribution in [2.45, 2.75) is 6.92 Å². The maximum Gasteiger partial charge on any atom is 0.265 e. The van der Waals surface area contributed by atoms with Crippen LogP contribution in [-0.4, -0.2) is 25.9 Å². The Kier molecular flexibility index (Phi) is 5.29. The van der Waals surface area contributed by atoms with Gasteiger partial charge in [-0.25, -0.2) is 0 Å². The highest BCUT2D eigenvalue weighted by Crippen LogP contribution is 2.33. The Morgan fingerprint density at radius 1 is 1.03 bits per heavy atom. The molecule has 6 nitrogen and oxygen atoms in total. The molecular weight excluding hydrogens is 402 g/mol. The van der Waals surface area contributed by atoms with Crippen LogP contribution in [-0.2, 0) is 0 Å². The predicted octanol–water partition coefficient (Wildman–Crippen LogP) is 5.30. The zero-order valence-corrected chi connectivity index (χ0v) is 17.5. The van der Waals surface area contributed by atoms with Crippen molar-refractivity contribution in [3.05, 3.63) is 75.7 Å². The van der Waals surface area contributed by atoms with E-state index in [4.69, 9.17) is 13.9 Å². The van der Waals surface area contributed by atoms with Gasteiger partial charge in [-0.3, -0.25) is 9.59 Å². The van der Waals surface area contributed by atoms with E-state index >= 15 is 0 Å². The van der Waals surface area contributed by atoms with E-state index in [0.29, 0.717) is 38.8 Å². The summed E-state index contributed by atoms with van der Waals surface area (Å²) in [5.74, 6) is 0.723. The summed E-state index contributed by atoms with van der Waals surface area (Å²) in [5.41, 5.74) is 2.23. The summed E-state index contributed by atoms with van der Waals surface area (Å²) in [6.07, 6.45) is 0. The number of rotatable bonds is 6. The van der Waals surface area contributed by atoms with Gasteiger partial charge in [0.05, 0.1) is 24.7 Å². The average Bonchev–Trinajstić information content (AvgIpc) is 3.41. The second kappa shape index (κ2) is 8.04. The van der Waals surface area contributed by atoms with Gasteiger partial charge in [0, 0.05) is 16.6 Å². The van der Waals surface area contributed by atoms with Gasteiger partial charge in [-0.2, -0.15) is 0 Å². The Morgan fingerprint density at radius 2 is 1.87 bits per heavy atom. The molecule has 2 aromatic carbocycles. The Bertz CT molecular complexity index is 1240. The van der Waals surface area contributed by atoms with Crippen molar-refractivity contribution >= 4 is 39.7 Å². The van der Waals surface area contributed by atoms with Gasteiger partial charge in [0.1, 0.15) is 17.1 Å². The molecule has 0 saturated heterocycles. The summed E-state index contributed by atoms with van der Waals surface area (Å²) in [4.78, 5) is 26.2. The number of ketones is 1. The molecule has 7 heteroatoms. The minimum Gasteiger partial charge on any atom is -0.497 e. The molecule has 0 fully saturated rings. The van der Waals surface area contributed by atoms with E-state index in [2.05, 4.69) is 5.32 Å². The summed E-state index contributed by atoms with van der Waals surface area (Å²) in [7, 11) is 3.04. The van der Waals surface area contributed by atoms with Crippen molar-refractivity contribution in [3.63, 3.8) is 0 Å². The number of hydrogen-bond donors (Lipinski definition) is 1. The van der Waals surface area contributed by atoms with Crippen LogP contribution in [0.4, 0.5) is 5.69 Å². The standard InChI is InChI=1S/C23H19NO5S/c1-13-16-11-14(24-23(26)20-5-4-10-30-20)6-8-19(16)29-22(13)21(25)17-12-15(27-2)7-9-18(17)28-3/h4-12H,1-3H3,(H,24,26). The number of thiophene rings is 1. The van der Waals surface area contributed by atoms with E-state index in [1.54, 1.807) is 42.5 Å². The maximum absolute atomic E-state index is 13.2. The Morgan fingerprint density at radius 3 is 2.57 bits per heavy atom. The second-order valence-corrected chi connectivity index (χ2v) is 7.54. The lowest BCUT2D eigenvalue weighted by molar-refractivity contribution is 0.100. The number of methoxy groups -OCH3 is 2. The van der Waals surface area contributed by atoms with Crippen LogP contribution in [0, 0.1) is 6.92 Å². The molecule has 0 unspecified atom stereocenters. The largest absolute Gasteiger partial charge is 0.497 e. The van der Waals surface area contributed by atoms with E-state index in [1.165, 1.54) is 25.6 Å². The molecule has 0 spiro atoms. The van der Waals surface area contributed by atoms with Gasteiger partial charge in [-0.05, 0) is 54.8 Å². The van der Waals surface area contributed by atoms with Crippen LogP contribution >= 0.6 is 11.3 Å². The van der Waals surface area contributed by atoms with Crippen molar-refractivity contribution in [2.24, 2.45) is 0 Å². The molecule has 1 amide bonds. The monoisotopic (exact) mass is 421 g/mol. The smallest absolute Gasteiger partial charge is 0.265 e. The van der Waals surface area contributed by atoms with Crippen LogP contribution in [0.2, 0.25) is 0 Å². The van der Waals surface area contributed by atoms with Crippen molar-refractivity contribution in [1.82, 2.24) is 0 Å². The highest BCUT2D eigenvalue weighted by Gasteiger charge is 2.23. The first kappa shape index (κ1) is 19.7. The fourth-order valence-electron chi connectivity index (χ4n) is 3.23. The third kappa shape index (κ3) is 3.55. The lowest BCUT2D eigenvalue weighted by Crippen LogP contribution is -2.09. The summed E-state index contributed by atoms with van der Waals surface area (Å²) in [6.45, 7) is 1.82. The van der Waals surface area contributed by atoms with Gasteiger partial charge >= 0.3 is 0 Å². The maximum atomic E-state index is 13.2. The van der Waals surface area contributed by atoms with Crippen LogP contribution < -0.4 is 14.8 Å². The van der Waals surface area contributed by atoms with E-state index in [-0.39, 0.29) is 17.5 Å². The number of aryl methyl sites for hydroxylation is 1. The van der Waals surface area contributed by atoms with Crippen molar-refractivity contribution in [2.75, 3.05) is 19.5 Å². The Labute approximate surface area is 177 Å². The molecule has 1 N–H and O–H groups in total. The highest BCUT2D eigenvalue weighted by molar-refractivity contribution is 7.12. The molecule has 0 aliphatic heterocycles. The third-order valence-corrected chi connectivity index (χ3v) is 5.67. The summed E-state index contributed by atoms with van der Waals surface area (Å²) < 4.78 is 16.4. The molecule has 0 atom stereocenters. The number of amides is 1. The van der Waals surface area contributed by atoms with E-state index < -0.39 is 0 Å². The van der Waals surface area contributed by atoms with Gasteiger partial charge in [-0.15, -0.1) is 11.3 Å². The van der Waals surface area contributed by atoms with Gasteiger partial charge in [0.25, 0.3) is 5.91 Å². The van der Waals surface area contributed by atoms with Crippen molar-refractivity contribution in [1.29, 1.82) is 0 Å². The minimum absolute atomic E-state index is 0.178. The van der Waals surface area contributed by atoms with Crippen LogP contribution in [0.1, 0.15) is 31.4 Å². The number of nitrogens with one attached hydrogen (secondary N) is 1. The van der Waals surface area contributed by atoms with Gasteiger partial charge in [-0.1, -0.05) is 6.07 Å². The molecule has 4 aromatic rings. The molecular formula is C23H19NO5S. The Balaban J connectivity index is 1.70. The number of anilines is 1. The molecule has 0 radical (unpaired) electrons. The molecule has 30 heavy (non-hydrogen) atoms. The SMILES string of the molecule is COc1ccc(OC)c(C(=O)c2oc3ccc(NC(=O)c4cccs4)cc3c2C)c1. The van der Waals surface area contributed by atoms with Crippen molar-refractivity contribution in [3.8, 4) is 11.5 Å². The van der Waals surface area contributed by atoms with E-state index in [0.717, 1.165) is 5.39 Å². The van der Waals surface area contributed by atoms with Crippen LogP contribution in [0.5, 0.6) is 11.5 Å². The van der Waals surface area contributed by atoms with Gasteiger partial charge < -0.3 is 19.2 Å². The fraction of sp³-hybridized carbons (Fsp3) is 0.130. The molecule has 2 heterocycles. The van der Waals surface area contributed by atoms with Crippen molar-refractivity contribution < 1.29 is 23.5 Å². The zero-order valence-electron chi connectivity index (χ0n) is 16.6. The van der Waals surface area contributed by atoms with Gasteiger partial charge in [0.15, 0.2) is 5.76 Å². The quantitative estimate of drug-likeness (QED) is 0.427. The van der Waals surface area contributed by atoms with E-state index in [9.17, 15) is 9.59 Å². The van der Waals surface area contributed by atoms with E-state index in [1.807, 2.05) is 18.4 Å². The van der Waals surface area contributed by atoms with Gasteiger partial charge in [0.2, 0.25) is 5.78 Å². The molecule has 152 valence electrons. The molecule has 0 aliphatic carbocycles. The first-order valence-corrected chi connectivity index (χ1v) is 10.0. The number of benzene rings is 2. The topological polar surface area (TPSA) is 77.8 Å². The second-order valence-electron chi connectivity index (χ2n) is 6.59. The highest BCUT2D eigenvalue weighted by atomic mass is 32.1. The number of furan rings is 1. The zero-order chi connectivity index (χ0) is 21.3.